The molecule has 2 rings (SSSR count). The molecule has 0 unspecified atom stereocenters. The fraction of sp³-hybridized carbons (Fsp3) is 0.154. The van der Waals surface area contributed by atoms with Crippen LogP contribution in [0, 0.1) is 0 Å². The van der Waals surface area contributed by atoms with E-state index < -0.39 is 0 Å². The van der Waals surface area contributed by atoms with Gasteiger partial charge in [0.25, 0.3) is 0 Å². The molecular weight excluding hydrogens is 316 g/mol. The Balaban J connectivity index is 1.92. The monoisotopic (exact) mass is 326 g/mol. The molecule has 0 amide bonds. The number of aliphatic hydroxyl groups excluding tert-OH is 1. The molecule has 0 atom stereocenters. The van der Waals surface area contributed by atoms with Crippen LogP contribution >= 0.6 is 27.3 Å². The zero-order chi connectivity index (χ0) is 13.0. The maximum Gasteiger partial charge on any atom is 0.210 e. The van der Waals surface area contributed by atoms with Gasteiger partial charge in [-0.2, -0.15) is 0 Å². The molecule has 0 fully saturated rings. The Morgan fingerprint density at radius 2 is 1.94 bits per heavy atom. The molecule has 3 nitrogen and oxygen atoms in total. The molecule has 0 saturated heterocycles. The number of thiophene rings is 1. The van der Waals surface area contributed by atoms with Crippen molar-refractivity contribution in [3.8, 4) is 5.75 Å². The summed E-state index contributed by atoms with van der Waals surface area (Å²) in [6.07, 6.45) is 0. The van der Waals surface area contributed by atoms with Crippen molar-refractivity contribution >= 4 is 33.0 Å². The van der Waals surface area contributed by atoms with Gasteiger partial charge >= 0.3 is 0 Å². The number of ketones is 1. The van der Waals surface area contributed by atoms with E-state index in [-0.39, 0.29) is 19.0 Å². The molecule has 18 heavy (non-hydrogen) atoms. The topological polar surface area (TPSA) is 46.5 Å². The van der Waals surface area contributed by atoms with Crippen LogP contribution in [0.4, 0.5) is 0 Å². The maximum absolute atomic E-state index is 11.8. The molecule has 0 aliphatic carbocycles. The van der Waals surface area contributed by atoms with Crippen molar-refractivity contribution in [2.45, 2.75) is 6.61 Å². The number of Topliss-reactive ketones (excluding diaryl/α,β-unsaturated/α-hetero) is 1. The number of hydrogen-bond acceptors (Lipinski definition) is 4. The summed E-state index contributed by atoms with van der Waals surface area (Å²) in [4.78, 5) is 12.5. The Kier molecular flexibility index (Phi) is 4.52. The molecule has 0 saturated carbocycles. The van der Waals surface area contributed by atoms with Crippen molar-refractivity contribution in [3.05, 3.63) is 50.6 Å². The van der Waals surface area contributed by atoms with Gasteiger partial charge in [-0.1, -0.05) is 12.1 Å². The van der Waals surface area contributed by atoms with Gasteiger partial charge in [0.1, 0.15) is 5.75 Å². The third-order valence-electron chi connectivity index (χ3n) is 2.32. The summed E-state index contributed by atoms with van der Waals surface area (Å²) >= 11 is 4.71. The molecule has 1 aromatic carbocycles. The molecule has 1 N–H and O–H groups in total. The van der Waals surface area contributed by atoms with E-state index in [1.807, 2.05) is 6.07 Å². The second kappa shape index (κ2) is 6.13. The van der Waals surface area contributed by atoms with Crippen molar-refractivity contribution in [3.63, 3.8) is 0 Å². The van der Waals surface area contributed by atoms with Crippen LogP contribution in [0.2, 0.25) is 0 Å². The van der Waals surface area contributed by atoms with Crippen LogP contribution in [-0.2, 0) is 6.61 Å². The number of carbonyl (C=O) groups is 1. The summed E-state index contributed by atoms with van der Waals surface area (Å²) in [5.74, 6) is 0.577. The predicted molar refractivity (Wildman–Crippen MR) is 74.2 cm³/mol. The summed E-state index contributed by atoms with van der Waals surface area (Å²) in [6.45, 7) is 0.0217. The zero-order valence-corrected chi connectivity index (χ0v) is 11.8. The molecular formula is C13H11BrO3S. The molecule has 94 valence electrons. The van der Waals surface area contributed by atoms with E-state index in [1.54, 1.807) is 30.3 Å². The summed E-state index contributed by atoms with van der Waals surface area (Å²) in [7, 11) is 0. The summed E-state index contributed by atoms with van der Waals surface area (Å²) < 4.78 is 6.32. The first-order valence-electron chi connectivity index (χ1n) is 5.30. The van der Waals surface area contributed by atoms with E-state index in [0.29, 0.717) is 10.6 Å². The van der Waals surface area contributed by atoms with Crippen LogP contribution in [0.3, 0.4) is 0 Å². The first-order chi connectivity index (χ1) is 8.69. The molecule has 0 aliphatic rings. The van der Waals surface area contributed by atoms with Crippen molar-refractivity contribution < 1.29 is 14.6 Å². The lowest BCUT2D eigenvalue weighted by molar-refractivity contribution is 0.0925. The van der Waals surface area contributed by atoms with Gasteiger partial charge in [-0.25, -0.2) is 0 Å². The highest BCUT2D eigenvalue weighted by Gasteiger charge is 2.09. The van der Waals surface area contributed by atoms with E-state index in [1.165, 1.54) is 11.3 Å². The van der Waals surface area contributed by atoms with Gasteiger partial charge in [0.05, 0.1) is 15.3 Å². The summed E-state index contributed by atoms with van der Waals surface area (Å²) in [6, 6.07) is 10.6. The fourth-order valence-corrected chi connectivity index (χ4v) is 2.69. The molecule has 0 spiro atoms. The first kappa shape index (κ1) is 13.3. The number of ether oxygens (including phenoxy) is 1. The van der Waals surface area contributed by atoms with Crippen LogP contribution in [0.5, 0.6) is 5.75 Å². The maximum atomic E-state index is 11.8. The molecule has 5 heteroatoms. The van der Waals surface area contributed by atoms with Gasteiger partial charge in [0, 0.05) is 0 Å². The Hall–Kier alpha value is -1.17. The third kappa shape index (κ3) is 3.41. The number of hydrogen-bond donors (Lipinski definition) is 1. The fourth-order valence-electron chi connectivity index (χ4n) is 1.38. The second-order valence-electron chi connectivity index (χ2n) is 3.62. The van der Waals surface area contributed by atoms with Crippen LogP contribution < -0.4 is 4.74 Å². The molecule has 1 heterocycles. The molecule has 1 aromatic heterocycles. The van der Waals surface area contributed by atoms with Crippen LogP contribution in [0.1, 0.15) is 15.2 Å². The lowest BCUT2D eigenvalue weighted by Gasteiger charge is -2.05. The Labute approximate surface area is 117 Å². The van der Waals surface area contributed by atoms with Gasteiger partial charge in [-0.15, -0.1) is 11.3 Å². The highest BCUT2D eigenvalue weighted by Crippen LogP contribution is 2.22. The second-order valence-corrected chi connectivity index (χ2v) is 6.08. The van der Waals surface area contributed by atoms with Crippen LogP contribution in [0.25, 0.3) is 0 Å². The minimum Gasteiger partial charge on any atom is -0.485 e. The van der Waals surface area contributed by atoms with Crippen molar-refractivity contribution in [2.24, 2.45) is 0 Å². The Morgan fingerprint density at radius 3 is 2.50 bits per heavy atom. The number of rotatable bonds is 5. The highest BCUT2D eigenvalue weighted by molar-refractivity contribution is 9.11. The van der Waals surface area contributed by atoms with E-state index in [4.69, 9.17) is 9.84 Å². The quantitative estimate of drug-likeness (QED) is 0.858. The minimum absolute atomic E-state index is 0.00241. The standard InChI is InChI=1S/C13H11BrO3S/c14-13-6-5-12(18-13)11(16)8-17-10-3-1-9(7-15)2-4-10/h1-6,15H,7-8H2. The first-order valence-corrected chi connectivity index (χ1v) is 6.91. The lowest BCUT2D eigenvalue weighted by atomic mass is 10.2. The number of halogens is 1. The third-order valence-corrected chi connectivity index (χ3v) is 3.99. The largest absolute Gasteiger partial charge is 0.485 e. The van der Waals surface area contributed by atoms with Crippen molar-refractivity contribution in [1.82, 2.24) is 0 Å². The number of benzene rings is 1. The zero-order valence-electron chi connectivity index (χ0n) is 9.43. The van der Waals surface area contributed by atoms with E-state index >= 15 is 0 Å². The molecule has 0 aliphatic heterocycles. The normalized spacial score (nSPS) is 10.3. The lowest BCUT2D eigenvalue weighted by Crippen LogP contribution is -2.09. The average Bonchev–Trinajstić information content (AvgIpc) is 2.83. The smallest absolute Gasteiger partial charge is 0.210 e. The number of aliphatic hydroxyl groups is 1. The van der Waals surface area contributed by atoms with Gasteiger partial charge in [0.2, 0.25) is 5.78 Å². The van der Waals surface area contributed by atoms with Crippen LogP contribution in [0.15, 0.2) is 40.2 Å². The van der Waals surface area contributed by atoms with Gasteiger partial charge in [0.15, 0.2) is 6.61 Å². The van der Waals surface area contributed by atoms with Crippen molar-refractivity contribution in [1.29, 1.82) is 0 Å². The van der Waals surface area contributed by atoms with E-state index in [0.717, 1.165) is 9.35 Å². The van der Waals surface area contributed by atoms with Crippen molar-refractivity contribution in [2.75, 3.05) is 6.61 Å². The SMILES string of the molecule is O=C(COc1ccc(CO)cc1)c1ccc(Br)s1. The number of carbonyl (C=O) groups excluding carboxylic acids is 1. The van der Waals surface area contributed by atoms with Gasteiger partial charge < -0.3 is 9.84 Å². The predicted octanol–water partition coefficient (Wildman–Crippen LogP) is 3.26. The highest BCUT2D eigenvalue weighted by atomic mass is 79.9. The molecule has 2 aromatic rings. The summed E-state index contributed by atoms with van der Waals surface area (Å²) in [5.41, 5.74) is 0.816. The van der Waals surface area contributed by atoms with Crippen LogP contribution in [-0.4, -0.2) is 17.5 Å². The summed E-state index contributed by atoms with van der Waals surface area (Å²) in [5, 5.41) is 8.90. The minimum atomic E-state index is -0.0445. The van der Waals surface area contributed by atoms with Gasteiger partial charge in [-0.3, -0.25) is 4.79 Å². The molecule has 0 bridgehead atoms. The van der Waals surface area contributed by atoms with E-state index in [9.17, 15) is 4.79 Å². The van der Waals surface area contributed by atoms with E-state index in [2.05, 4.69) is 15.9 Å². The Morgan fingerprint density at radius 1 is 1.22 bits per heavy atom. The van der Waals surface area contributed by atoms with Gasteiger partial charge in [-0.05, 0) is 45.8 Å². The Bertz CT molecular complexity index is 533. The molecule has 0 radical (unpaired) electrons. The average molecular weight is 327 g/mol.